The summed E-state index contributed by atoms with van der Waals surface area (Å²) in [4.78, 5) is 16.6. The largest absolute Gasteiger partial charge is 0.347 e. The zero-order valence-corrected chi connectivity index (χ0v) is 14.3. The van der Waals surface area contributed by atoms with Crippen LogP contribution < -0.4 is 5.32 Å². The van der Waals surface area contributed by atoms with Crippen LogP contribution in [0.25, 0.3) is 5.65 Å². The van der Waals surface area contributed by atoms with Crippen LogP contribution in [0.3, 0.4) is 0 Å². The Hall–Kier alpha value is -2.35. The average molecular weight is 395 g/mol. The number of fused-ring (bicyclic) bond motifs is 1. The zero-order chi connectivity index (χ0) is 17.3. The second kappa shape index (κ2) is 6.64. The van der Waals surface area contributed by atoms with Crippen molar-refractivity contribution in [2.45, 2.75) is 18.8 Å². The SMILES string of the molecule is Cc1cc2nc(C(=O)NCc3ccc(F)c(F)c3)cc(CBr)n2n1. The number of hydrogen-bond donors (Lipinski definition) is 1. The van der Waals surface area contributed by atoms with Crippen LogP contribution in [0, 0.1) is 18.6 Å². The molecule has 3 aromatic rings. The van der Waals surface area contributed by atoms with Gasteiger partial charge in [-0.25, -0.2) is 18.3 Å². The van der Waals surface area contributed by atoms with Crippen molar-refractivity contribution in [2.75, 3.05) is 0 Å². The first kappa shape index (κ1) is 16.5. The van der Waals surface area contributed by atoms with Crippen LogP contribution in [-0.4, -0.2) is 20.5 Å². The lowest BCUT2D eigenvalue weighted by atomic mass is 10.2. The third-order valence-corrected chi connectivity index (χ3v) is 4.00. The molecule has 0 saturated carbocycles. The van der Waals surface area contributed by atoms with Crippen LogP contribution in [0.5, 0.6) is 0 Å². The lowest BCUT2D eigenvalue weighted by molar-refractivity contribution is 0.0946. The fourth-order valence-corrected chi connectivity index (χ4v) is 2.68. The Morgan fingerprint density at radius 3 is 2.75 bits per heavy atom. The Bertz CT molecular complexity index is 926. The van der Waals surface area contributed by atoms with E-state index >= 15 is 0 Å². The highest BCUT2D eigenvalue weighted by molar-refractivity contribution is 9.08. The maximum atomic E-state index is 13.2. The molecular formula is C16H13BrF2N4O. The summed E-state index contributed by atoms with van der Waals surface area (Å²) >= 11 is 3.36. The van der Waals surface area contributed by atoms with E-state index in [1.54, 1.807) is 16.6 Å². The van der Waals surface area contributed by atoms with Crippen LogP contribution in [0.15, 0.2) is 30.3 Å². The Kier molecular flexibility index (Phi) is 4.57. The van der Waals surface area contributed by atoms with Gasteiger partial charge in [-0.1, -0.05) is 22.0 Å². The Morgan fingerprint density at radius 1 is 1.25 bits per heavy atom. The summed E-state index contributed by atoms with van der Waals surface area (Å²) in [6, 6.07) is 6.90. The molecule has 0 fully saturated rings. The smallest absolute Gasteiger partial charge is 0.270 e. The minimum absolute atomic E-state index is 0.0742. The third-order valence-electron chi connectivity index (χ3n) is 3.43. The van der Waals surface area contributed by atoms with Gasteiger partial charge >= 0.3 is 0 Å². The van der Waals surface area contributed by atoms with Gasteiger partial charge in [0.05, 0.1) is 11.4 Å². The Labute approximate surface area is 144 Å². The molecule has 0 radical (unpaired) electrons. The standard InChI is InChI=1S/C16H13BrF2N4O/c1-9-4-15-21-14(6-11(7-17)23(15)22-9)16(24)20-8-10-2-3-12(18)13(19)5-10/h2-6H,7-8H2,1H3,(H,20,24). The van der Waals surface area contributed by atoms with Crippen LogP contribution >= 0.6 is 15.9 Å². The summed E-state index contributed by atoms with van der Waals surface area (Å²) in [6.07, 6.45) is 0. The van der Waals surface area contributed by atoms with Crippen molar-refractivity contribution in [2.24, 2.45) is 0 Å². The van der Waals surface area contributed by atoms with Gasteiger partial charge < -0.3 is 5.32 Å². The molecule has 2 aromatic heterocycles. The monoisotopic (exact) mass is 394 g/mol. The number of aromatic nitrogens is 3. The highest BCUT2D eigenvalue weighted by Gasteiger charge is 2.13. The number of benzene rings is 1. The van der Waals surface area contributed by atoms with E-state index in [0.717, 1.165) is 23.5 Å². The first-order chi connectivity index (χ1) is 11.5. The van der Waals surface area contributed by atoms with Crippen molar-refractivity contribution in [3.05, 3.63) is 64.6 Å². The number of halogens is 3. The van der Waals surface area contributed by atoms with Crippen molar-refractivity contribution >= 4 is 27.5 Å². The van der Waals surface area contributed by atoms with E-state index in [1.807, 2.05) is 6.92 Å². The quantitative estimate of drug-likeness (QED) is 0.691. The lowest BCUT2D eigenvalue weighted by Crippen LogP contribution is -2.24. The lowest BCUT2D eigenvalue weighted by Gasteiger charge is -2.08. The summed E-state index contributed by atoms with van der Waals surface area (Å²) in [5, 5.41) is 7.47. The number of carbonyl (C=O) groups is 1. The van der Waals surface area contributed by atoms with Gasteiger partial charge in [0.1, 0.15) is 5.69 Å². The van der Waals surface area contributed by atoms with E-state index in [2.05, 4.69) is 31.3 Å². The molecule has 24 heavy (non-hydrogen) atoms. The fraction of sp³-hybridized carbons (Fsp3) is 0.188. The summed E-state index contributed by atoms with van der Waals surface area (Å²) in [6.45, 7) is 1.92. The summed E-state index contributed by atoms with van der Waals surface area (Å²) in [5.74, 6) is -2.27. The van der Waals surface area contributed by atoms with Crippen molar-refractivity contribution in [3.8, 4) is 0 Å². The molecule has 5 nitrogen and oxygen atoms in total. The predicted molar refractivity (Wildman–Crippen MR) is 87.9 cm³/mol. The molecule has 0 saturated heterocycles. The van der Waals surface area contributed by atoms with Crippen molar-refractivity contribution in [3.63, 3.8) is 0 Å². The molecule has 124 valence electrons. The molecule has 8 heteroatoms. The summed E-state index contributed by atoms with van der Waals surface area (Å²) in [5.41, 5.74) is 2.85. The highest BCUT2D eigenvalue weighted by Crippen LogP contribution is 2.13. The highest BCUT2D eigenvalue weighted by atomic mass is 79.9. The number of alkyl halides is 1. The number of amides is 1. The Balaban J connectivity index is 1.81. The second-order valence-corrected chi connectivity index (χ2v) is 5.81. The van der Waals surface area contributed by atoms with E-state index in [-0.39, 0.29) is 12.2 Å². The summed E-state index contributed by atoms with van der Waals surface area (Å²) < 4.78 is 27.8. The first-order valence-corrected chi connectivity index (χ1v) is 8.24. The fourth-order valence-electron chi connectivity index (χ4n) is 2.29. The van der Waals surface area contributed by atoms with Gasteiger partial charge in [-0.05, 0) is 30.7 Å². The normalized spacial score (nSPS) is 11.0. The van der Waals surface area contributed by atoms with E-state index in [0.29, 0.717) is 16.5 Å². The molecule has 0 aliphatic rings. The molecule has 0 unspecified atom stereocenters. The van der Waals surface area contributed by atoms with Gasteiger partial charge in [-0.2, -0.15) is 5.10 Å². The zero-order valence-electron chi connectivity index (χ0n) is 12.7. The number of aryl methyl sites for hydroxylation is 1. The molecule has 3 rings (SSSR count). The van der Waals surface area contributed by atoms with Crippen LogP contribution in [0.4, 0.5) is 8.78 Å². The predicted octanol–water partition coefficient (Wildman–Crippen LogP) is 3.14. The average Bonchev–Trinajstić information content (AvgIpc) is 2.94. The van der Waals surface area contributed by atoms with Crippen LogP contribution in [0.2, 0.25) is 0 Å². The van der Waals surface area contributed by atoms with E-state index in [1.165, 1.54) is 6.07 Å². The van der Waals surface area contributed by atoms with Gasteiger partial charge in [0.15, 0.2) is 17.3 Å². The molecule has 0 aliphatic heterocycles. The van der Waals surface area contributed by atoms with Crippen LogP contribution in [0.1, 0.15) is 27.4 Å². The molecule has 1 amide bonds. The van der Waals surface area contributed by atoms with Gasteiger partial charge in [0.25, 0.3) is 5.91 Å². The van der Waals surface area contributed by atoms with E-state index in [9.17, 15) is 13.6 Å². The number of hydrogen-bond acceptors (Lipinski definition) is 3. The Morgan fingerprint density at radius 2 is 2.04 bits per heavy atom. The molecule has 0 atom stereocenters. The van der Waals surface area contributed by atoms with E-state index < -0.39 is 17.5 Å². The minimum Gasteiger partial charge on any atom is -0.347 e. The van der Waals surface area contributed by atoms with Gasteiger partial charge in [0.2, 0.25) is 0 Å². The van der Waals surface area contributed by atoms with Gasteiger partial charge in [-0.3, -0.25) is 4.79 Å². The van der Waals surface area contributed by atoms with Crippen molar-refractivity contribution in [1.29, 1.82) is 0 Å². The molecule has 1 aromatic carbocycles. The maximum Gasteiger partial charge on any atom is 0.270 e. The number of rotatable bonds is 4. The van der Waals surface area contributed by atoms with Gasteiger partial charge in [-0.15, -0.1) is 0 Å². The van der Waals surface area contributed by atoms with Crippen molar-refractivity contribution < 1.29 is 13.6 Å². The third kappa shape index (κ3) is 3.28. The first-order valence-electron chi connectivity index (χ1n) is 7.12. The molecular weight excluding hydrogens is 382 g/mol. The number of carbonyl (C=O) groups excluding carboxylic acids is 1. The second-order valence-electron chi connectivity index (χ2n) is 5.25. The topological polar surface area (TPSA) is 59.3 Å². The molecule has 0 aliphatic carbocycles. The molecule has 2 heterocycles. The van der Waals surface area contributed by atoms with E-state index in [4.69, 9.17) is 0 Å². The number of nitrogens with one attached hydrogen (secondary N) is 1. The minimum atomic E-state index is -0.947. The number of nitrogens with zero attached hydrogens (tertiary/aromatic N) is 3. The summed E-state index contributed by atoms with van der Waals surface area (Å²) in [7, 11) is 0. The van der Waals surface area contributed by atoms with Gasteiger partial charge in [0, 0.05) is 17.9 Å². The molecule has 1 N–H and O–H groups in total. The maximum absolute atomic E-state index is 13.2. The van der Waals surface area contributed by atoms with Crippen LogP contribution in [-0.2, 0) is 11.9 Å². The molecule has 0 spiro atoms. The van der Waals surface area contributed by atoms with Crippen molar-refractivity contribution in [1.82, 2.24) is 19.9 Å². The molecule has 0 bridgehead atoms.